The maximum atomic E-state index is 16.0. The number of nitrogens with one attached hydrogen (secondary N) is 5. The second kappa shape index (κ2) is 36.0. The third kappa shape index (κ3) is 18.9. The molecule has 3 aromatic rings. The van der Waals surface area contributed by atoms with Crippen LogP contribution in [0.15, 0.2) is 112 Å². The maximum absolute atomic E-state index is 16.0. The van der Waals surface area contributed by atoms with Gasteiger partial charge in [0, 0.05) is 89.5 Å². The Morgan fingerprint density at radius 1 is 0.750 bits per heavy atom. The van der Waals surface area contributed by atoms with Gasteiger partial charge >= 0.3 is 29.8 Å². The van der Waals surface area contributed by atoms with Crippen molar-refractivity contribution in [3.63, 3.8) is 0 Å². The molecule has 2 saturated carbocycles. The number of likely N-dealkylation sites (tertiary alicyclic amines) is 1. The molecule has 4 fully saturated rings. The van der Waals surface area contributed by atoms with E-state index in [4.69, 9.17) is 57.1 Å². The highest BCUT2D eigenvalue weighted by Crippen LogP contribution is 2.64. The average molecular weight is 1520 g/mol. The number of fused-ring (bicyclic) bond motifs is 5. The zero-order valence-corrected chi connectivity index (χ0v) is 61.8. The molecule has 34 nitrogen and oxygen atoms in total. The fraction of sp³-hybridized carbons (Fsp3) is 0.521. The second-order valence-corrected chi connectivity index (χ2v) is 29.1. The van der Waals surface area contributed by atoms with E-state index in [0.29, 0.717) is 6.42 Å². The summed E-state index contributed by atoms with van der Waals surface area (Å²) in [6, 6.07) is 18.1. The lowest BCUT2D eigenvalue weighted by atomic mass is 9.44. The van der Waals surface area contributed by atoms with Gasteiger partial charge in [-0.15, -0.1) is 11.8 Å². The number of aliphatic imine (C=N–C) groups is 2. The Morgan fingerprint density at radius 3 is 1.91 bits per heavy atom. The Labute approximate surface area is 626 Å². The first-order chi connectivity index (χ1) is 51.1. The predicted octanol–water partition coefficient (Wildman–Crippen LogP) is -0.806. The molecule has 584 valence electrons. The summed E-state index contributed by atoms with van der Waals surface area (Å²) < 4.78 is 37.1. The van der Waals surface area contributed by atoms with E-state index in [9.17, 15) is 63.0 Å². The van der Waals surface area contributed by atoms with Gasteiger partial charge in [-0.05, 0) is 80.5 Å². The number of nitrogens with two attached hydrogens (primary N) is 5. The highest BCUT2D eigenvalue weighted by molar-refractivity contribution is 8.00. The van der Waals surface area contributed by atoms with Gasteiger partial charge in [0.05, 0.1) is 47.3 Å². The minimum atomic E-state index is -2.60. The molecule has 2 aliphatic heterocycles. The Balaban J connectivity index is 1.01. The van der Waals surface area contributed by atoms with Crippen LogP contribution in [0, 0.1) is 16.7 Å². The molecular weight excluding hydrogens is 1430 g/mol. The van der Waals surface area contributed by atoms with E-state index in [1.165, 1.54) is 71.1 Å². The van der Waals surface area contributed by atoms with Crippen molar-refractivity contribution in [2.45, 2.75) is 177 Å². The molecule has 5 aliphatic rings. The van der Waals surface area contributed by atoms with E-state index in [1.807, 2.05) is 0 Å². The molecule has 0 radical (unpaired) electrons. The minimum Gasteiger partial charge on any atom is -0.455 e. The fourth-order valence-corrected chi connectivity index (χ4v) is 15.8. The zero-order chi connectivity index (χ0) is 79.2. The normalized spacial score (nSPS) is 25.3. The van der Waals surface area contributed by atoms with Crippen LogP contribution in [-0.2, 0) is 81.2 Å². The lowest BCUT2D eigenvalue weighted by Gasteiger charge is -2.67. The number of aliphatic hydroxyl groups excluding tert-OH is 1. The molecule has 3 aromatic carbocycles. The molecule has 3 aliphatic carbocycles. The molecule has 2 heterocycles. The van der Waals surface area contributed by atoms with Crippen LogP contribution in [-0.4, -0.2) is 221 Å². The van der Waals surface area contributed by atoms with Gasteiger partial charge in [-0.2, -0.15) is 0 Å². The summed E-state index contributed by atoms with van der Waals surface area (Å²) in [6.45, 7) is 6.88. The lowest BCUT2D eigenvalue weighted by Crippen LogP contribution is -2.82. The van der Waals surface area contributed by atoms with Gasteiger partial charge in [-0.3, -0.25) is 67.6 Å². The summed E-state index contributed by atoms with van der Waals surface area (Å²) in [4.78, 5) is 191. The van der Waals surface area contributed by atoms with E-state index in [0.717, 1.165) is 30.5 Å². The van der Waals surface area contributed by atoms with Gasteiger partial charge in [0.25, 0.3) is 5.91 Å². The van der Waals surface area contributed by atoms with E-state index in [2.05, 4.69) is 36.6 Å². The number of Topliss-reactive ketones (excluding diaryl/α,β-unsaturated/α-hetero) is 1. The van der Waals surface area contributed by atoms with E-state index >= 15 is 9.59 Å². The van der Waals surface area contributed by atoms with Crippen LogP contribution >= 0.6 is 11.8 Å². The molecule has 108 heavy (non-hydrogen) atoms. The van der Waals surface area contributed by atoms with Crippen molar-refractivity contribution < 1.29 is 101 Å². The second-order valence-electron chi connectivity index (χ2n) is 27.8. The number of benzene rings is 3. The Hall–Kier alpha value is -10.4. The van der Waals surface area contributed by atoms with Crippen LogP contribution in [0.2, 0.25) is 0 Å². The van der Waals surface area contributed by atoms with E-state index < -0.39 is 197 Å². The first kappa shape index (κ1) is 83.3. The quantitative estimate of drug-likeness (QED) is 0.00675. The molecule has 2 bridgehead atoms. The predicted molar refractivity (Wildman–Crippen MR) is 387 cm³/mol. The minimum absolute atomic E-state index is 0.0143. The number of hydrogen-bond donors (Lipinski definition) is 12. The summed E-state index contributed by atoms with van der Waals surface area (Å²) in [5.74, 6) is -13.6. The Morgan fingerprint density at radius 2 is 1.34 bits per heavy atom. The number of imide groups is 1. The topological polar surface area (TPSA) is 536 Å². The van der Waals surface area contributed by atoms with Crippen LogP contribution < -0.4 is 55.3 Å². The summed E-state index contributed by atoms with van der Waals surface area (Å²) in [5, 5.41) is 38.5. The van der Waals surface area contributed by atoms with Crippen LogP contribution in [0.1, 0.15) is 132 Å². The van der Waals surface area contributed by atoms with Crippen molar-refractivity contribution in [2.75, 3.05) is 45.6 Å². The van der Waals surface area contributed by atoms with Crippen molar-refractivity contribution in [3.05, 3.63) is 119 Å². The van der Waals surface area contributed by atoms with E-state index in [1.54, 1.807) is 54.6 Å². The number of carbonyl (C=O) groups is 13. The first-order valence-corrected chi connectivity index (χ1v) is 36.3. The van der Waals surface area contributed by atoms with Crippen molar-refractivity contribution in [1.82, 2.24) is 31.5 Å². The number of aliphatic hydroxyl groups is 2. The van der Waals surface area contributed by atoms with Crippen LogP contribution in [0.3, 0.4) is 0 Å². The molecule has 8 rings (SSSR count). The molecule has 17 N–H and O–H groups in total. The zero-order valence-electron chi connectivity index (χ0n) is 61.0. The number of carbonyl (C=O) groups excluding carboxylic acids is 13. The number of nitrogens with zero attached hydrogens (tertiary/aromatic N) is 3. The third-order valence-corrected chi connectivity index (χ3v) is 21.7. The number of likely N-dealkylation sites (N-methyl/N-ethyl adjacent to an activating group) is 1. The summed E-state index contributed by atoms with van der Waals surface area (Å²) in [7, 11) is 1.39. The third-order valence-electron chi connectivity index (χ3n) is 20.3. The first-order valence-electron chi connectivity index (χ1n) is 35.2. The monoisotopic (exact) mass is 1520 g/mol. The maximum Gasteiger partial charge on any atom is 0.350 e. The lowest BCUT2D eigenvalue weighted by molar-refractivity contribution is -0.346. The van der Waals surface area contributed by atoms with Gasteiger partial charge in [0.1, 0.15) is 42.0 Å². The molecule has 0 aromatic heterocycles. The molecule has 15 atom stereocenters. The number of hydrogen-bond acceptors (Lipinski definition) is 25. The van der Waals surface area contributed by atoms with Crippen molar-refractivity contribution >= 4 is 101 Å². The number of ketones is 1. The SMILES string of the molecule is CNC(=O)[C@H](CCCN=C(N)N)NC(=O)[C@H](CCCN=C(N)N)NC(=O)CCNC(=O)[C@@H](N)CSC1CC(=O)N(CCC(=O)O[C@@H](C(=O)O[C@H]2C[C@@]3(O)[C@@H](OC(=O)c4ccccc4)C4[C@](C)(C(=O)[C@H](OC(C)=O)C(=C2C)C3(C)C)[C@@H](O)C[C@H]2OC[C@@]42OC(C)=O)[C@@H](NC(=O)c2ccccc2)c2ccccc2)C1=O. The number of guanidine groups is 2. The highest BCUT2D eigenvalue weighted by Gasteiger charge is 2.78. The molecule has 0 spiro atoms. The van der Waals surface area contributed by atoms with Gasteiger partial charge in [-0.25, -0.2) is 9.59 Å². The number of thioether (sulfide) groups is 1. The summed E-state index contributed by atoms with van der Waals surface area (Å²) >= 11 is 0.872. The van der Waals surface area contributed by atoms with Gasteiger partial charge in [0.15, 0.2) is 29.4 Å². The van der Waals surface area contributed by atoms with Gasteiger partial charge < -0.3 is 93.9 Å². The van der Waals surface area contributed by atoms with Crippen LogP contribution in [0.25, 0.3) is 0 Å². The average Bonchev–Trinajstić information content (AvgIpc) is 0.688. The summed E-state index contributed by atoms with van der Waals surface area (Å²) in [5.41, 5.74) is 19.5. The Bertz CT molecular complexity index is 3970. The molecule has 2 unspecified atom stereocenters. The number of rotatable bonds is 33. The molecule has 7 amide bonds. The van der Waals surface area contributed by atoms with Crippen LogP contribution in [0.4, 0.5) is 0 Å². The number of ether oxygens (including phenoxy) is 6. The van der Waals surface area contributed by atoms with E-state index in [-0.39, 0.29) is 104 Å². The van der Waals surface area contributed by atoms with Crippen LogP contribution in [0.5, 0.6) is 0 Å². The highest BCUT2D eigenvalue weighted by atomic mass is 32.2. The van der Waals surface area contributed by atoms with Gasteiger partial charge in [0.2, 0.25) is 41.5 Å². The number of amides is 7. The fourth-order valence-electron chi connectivity index (χ4n) is 14.7. The van der Waals surface area contributed by atoms with Crippen molar-refractivity contribution in [2.24, 2.45) is 55.4 Å². The summed E-state index contributed by atoms with van der Waals surface area (Å²) in [6.07, 6.45) is -12.5. The van der Waals surface area contributed by atoms with Gasteiger partial charge in [-0.1, -0.05) is 80.6 Å². The smallest absolute Gasteiger partial charge is 0.350 e. The molecular formula is C73H95N13O21S. The molecule has 2 saturated heterocycles. The molecule has 35 heteroatoms. The largest absolute Gasteiger partial charge is 0.455 e. The van der Waals surface area contributed by atoms with Crippen molar-refractivity contribution in [1.29, 1.82) is 0 Å². The van der Waals surface area contributed by atoms with Crippen molar-refractivity contribution in [3.8, 4) is 0 Å². The Kier molecular flexibility index (Phi) is 27.8. The standard InChI is InChI=1S/C73H95N13O21S/c1-38-47(35-73(101)60(106-66(99)43-23-15-10-16-24-43)58-71(6,49(89)34-50-72(58,37-102-50)107-40(3)88)59(93)56(103-39(2)87)54(38)70(73,4)5)104-67(100)57(55(41-19-11-8-12-20-41)85-61(94)42-21-13-9-14-22-42)105-53(92)28-32-86-52(91)33-48(65(86)98)108-36-44(74)62(95)80-31-27-51(90)83-46(26-18-30-82-69(77)78)64(97)84-45(63(96)79-7)25-17-29-81-68(75)76/h8-16,19-24,44-50,55-58,60,89,101H,17-18,25-37,74H2,1-7H3,(H,79,96)(H,80,95)(H,83,90)(H,84,97)(H,85,94)(H4,75,76,81)(H4,77,78,82)/t44-,45-,46-,47-,48?,49-,50+,55-,56+,57+,58?,60-,71+,72-,73+/m0/s1. The number of esters is 5.